The van der Waals surface area contributed by atoms with Crippen LogP contribution >= 0.6 is 11.3 Å². The predicted octanol–water partition coefficient (Wildman–Crippen LogP) is 4.68. The molecule has 31 heavy (non-hydrogen) atoms. The van der Waals surface area contributed by atoms with Crippen LogP contribution in [0.5, 0.6) is 11.5 Å². The lowest BCUT2D eigenvalue weighted by Crippen LogP contribution is -2.12. The molecular formula is C23H23N3O4S. The van der Waals surface area contributed by atoms with Crippen molar-refractivity contribution in [2.24, 2.45) is 0 Å². The predicted molar refractivity (Wildman–Crippen MR) is 122 cm³/mol. The SMILES string of the molecule is COCCn1c(-c2nc(C(=O)Nc3ccc(OC)c(OC)c3)cs2)cc2ccccc21. The van der Waals surface area contributed by atoms with Gasteiger partial charge in [0.2, 0.25) is 0 Å². The molecule has 0 radical (unpaired) electrons. The number of benzene rings is 2. The van der Waals surface area contributed by atoms with Crippen molar-refractivity contribution < 1.29 is 19.0 Å². The monoisotopic (exact) mass is 437 g/mol. The highest BCUT2D eigenvalue weighted by Gasteiger charge is 2.17. The van der Waals surface area contributed by atoms with E-state index in [0.717, 1.165) is 21.6 Å². The molecule has 8 heteroatoms. The second-order valence-electron chi connectivity index (χ2n) is 6.79. The quantitative estimate of drug-likeness (QED) is 0.433. The van der Waals surface area contributed by atoms with Crippen LogP contribution in [0.25, 0.3) is 21.6 Å². The summed E-state index contributed by atoms with van der Waals surface area (Å²) >= 11 is 1.44. The number of nitrogens with zero attached hydrogens (tertiary/aromatic N) is 2. The molecule has 2 aromatic heterocycles. The Kier molecular flexibility index (Phi) is 6.20. The van der Waals surface area contributed by atoms with E-state index in [1.165, 1.54) is 11.3 Å². The Hall–Kier alpha value is -3.36. The molecule has 0 spiro atoms. The van der Waals surface area contributed by atoms with Crippen LogP contribution in [-0.4, -0.2) is 43.4 Å². The van der Waals surface area contributed by atoms with Gasteiger partial charge in [-0.1, -0.05) is 18.2 Å². The van der Waals surface area contributed by atoms with Crippen molar-refractivity contribution in [1.29, 1.82) is 0 Å². The van der Waals surface area contributed by atoms with Crippen LogP contribution in [0, 0.1) is 0 Å². The van der Waals surface area contributed by atoms with Gasteiger partial charge >= 0.3 is 0 Å². The van der Waals surface area contributed by atoms with E-state index in [1.807, 2.05) is 12.1 Å². The smallest absolute Gasteiger partial charge is 0.275 e. The van der Waals surface area contributed by atoms with Crippen molar-refractivity contribution in [1.82, 2.24) is 9.55 Å². The highest BCUT2D eigenvalue weighted by atomic mass is 32.1. The summed E-state index contributed by atoms with van der Waals surface area (Å²) < 4.78 is 18.0. The second kappa shape index (κ2) is 9.20. The van der Waals surface area contributed by atoms with Crippen molar-refractivity contribution >= 4 is 33.8 Å². The number of para-hydroxylation sites is 1. The van der Waals surface area contributed by atoms with Gasteiger partial charge in [0, 0.05) is 41.7 Å². The molecule has 0 saturated carbocycles. The van der Waals surface area contributed by atoms with Crippen molar-refractivity contribution in [3.63, 3.8) is 0 Å². The lowest BCUT2D eigenvalue weighted by Gasteiger charge is -2.10. The number of ether oxygens (including phenoxy) is 3. The van der Waals surface area contributed by atoms with Gasteiger partial charge in [-0.25, -0.2) is 4.98 Å². The fourth-order valence-electron chi connectivity index (χ4n) is 3.42. The van der Waals surface area contributed by atoms with E-state index in [1.54, 1.807) is 44.9 Å². The van der Waals surface area contributed by atoms with Crippen LogP contribution in [0.4, 0.5) is 5.69 Å². The molecule has 0 fully saturated rings. The van der Waals surface area contributed by atoms with E-state index in [0.29, 0.717) is 36.0 Å². The van der Waals surface area contributed by atoms with Crippen molar-refractivity contribution in [3.05, 3.63) is 59.6 Å². The van der Waals surface area contributed by atoms with Crippen LogP contribution in [-0.2, 0) is 11.3 Å². The summed E-state index contributed by atoms with van der Waals surface area (Å²) in [4.78, 5) is 17.4. The standard InChI is InChI=1S/C23H23N3O4S/c1-28-11-10-26-18-7-5-4-6-15(18)12-19(26)23-25-17(14-31-23)22(27)24-16-8-9-20(29-2)21(13-16)30-3/h4-9,12-14H,10-11H2,1-3H3,(H,24,27). The molecule has 0 bridgehead atoms. The Morgan fingerprint density at radius 2 is 1.87 bits per heavy atom. The van der Waals surface area contributed by atoms with Crippen LogP contribution in [0.3, 0.4) is 0 Å². The first kappa shape index (κ1) is 20.9. The van der Waals surface area contributed by atoms with Gasteiger partial charge in [0.25, 0.3) is 5.91 Å². The van der Waals surface area contributed by atoms with Crippen molar-refractivity contribution in [2.45, 2.75) is 6.54 Å². The number of anilines is 1. The Morgan fingerprint density at radius 1 is 1.06 bits per heavy atom. The molecule has 7 nitrogen and oxygen atoms in total. The number of carbonyl (C=O) groups is 1. The summed E-state index contributed by atoms with van der Waals surface area (Å²) in [6.45, 7) is 1.29. The minimum atomic E-state index is -0.283. The lowest BCUT2D eigenvalue weighted by atomic mass is 10.2. The Balaban J connectivity index is 1.60. The van der Waals surface area contributed by atoms with Crippen molar-refractivity contribution in [2.75, 3.05) is 33.3 Å². The van der Waals surface area contributed by atoms with Crippen LogP contribution < -0.4 is 14.8 Å². The highest BCUT2D eigenvalue weighted by Crippen LogP contribution is 2.32. The van der Waals surface area contributed by atoms with E-state index < -0.39 is 0 Å². The number of carbonyl (C=O) groups excluding carboxylic acids is 1. The average molecular weight is 438 g/mol. The van der Waals surface area contributed by atoms with E-state index in [2.05, 4.69) is 33.1 Å². The highest BCUT2D eigenvalue weighted by molar-refractivity contribution is 7.13. The minimum Gasteiger partial charge on any atom is -0.493 e. The lowest BCUT2D eigenvalue weighted by molar-refractivity contribution is 0.102. The number of aromatic nitrogens is 2. The van der Waals surface area contributed by atoms with Crippen LogP contribution in [0.2, 0.25) is 0 Å². The average Bonchev–Trinajstić information content (AvgIpc) is 3.42. The third-order valence-corrected chi connectivity index (χ3v) is 5.79. The third-order valence-electron chi connectivity index (χ3n) is 4.93. The Labute approximate surface area is 184 Å². The summed E-state index contributed by atoms with van der Waals surface area (Å²) in [6.07, 6.45) is 0. The number of rotatable bonds is 8. The van der Waals surface area contributed by atoms with E-state index in [9.17, 15) is 4.79 Å². The minimum absolute atomic E-state index is 0.283. The zero-order chi connectivity index (χ0) is 21.8. The number of methoxy groups -OCH3 is 3. The first-order valence-electron chi connectivity index (χ1n) is 9.71. The molecule has 0 aliphatic rings. The first-order valence-corrected chi connectivity index (χ1v) is 10.6. The molecule has 4 aromatic rings. The summed E-state index contributed by atoms with van der Waals surface area (Å²) in [5, 5.41) is 6.54. The summed E-state index contributed by atoms with van der Waals surface area (Å²) in [7, 11) is 4.81. The number of fused-ring (bicyclic) bond motifs is 1. The fourth-order valence-corrected chi connectivity index (χ4v) is 4.24. The van der Waals surface area contributed by atoms with E-state index >= 15 is 0 Å². The molecule has 2 heterocycles. The van der Waals surface area contributed by atoms with Gasteiger partial charge < -0.3 is 24.1 Å². The van der Waals surface area contributed by atoms with Crippen LogP contribution in [0.15, 0.2) is 53.9 Å². The maximum Gasteiger partial charge on any atom is 0.275 e. The fraction of sp³-hybridized carbons (Fsp3) is 0.217. The number of thiazole rings is 1. The summed E-state index contributed by atoms with van der Waals surface area (Å²) in [6, 6.07) is 15.5. The van der Waals surface area contributed by atoms with Gasteiger partial charge in [0.1, 0.15) is 10.7 Å². The Bertz CT molecular complexity index is 1210. The normalized spacial score (nSPS) is 10.9. The van der Waals surface area contributed by atoms with Gasteiger partial charge in [0.05, 0.1) is 26.5 Å². The van der Waals surface area contributed by atoms with Gasteiger partial charge in [-0.15, -0.1) is 11.3 Å². The molecular weight excluding hydrogens is 414 g/mol. The number of hydrogen-bond donors (Lipinski definition) is 1. The zero-order valence-corrected chi connectivity index (χ0v) is 18.4. The van der Waals surface area contributed by atoms with E-state index in [-0.39, 0.29) is 5.91 Å². The van der Waals surface area contributed by atoms with Crippen LogP contribution in [0.1, 0.15) is 10.5 Å². The molecule has 1 amide bonds. The number of nitrogens with one attached hydrogen (secondary N) is 1. The number of hydrogen-bond acceptors (Lipinski definition) is 6. The van der Waals surface area contributed by atoms with Gasteiger partial charge in [-0.05, 0) is 24.3 Å². The third kappa shape index (κ3) is 4.26. The van der Waals surface area contributed by atoms with E-state index in [4.69, 9.17) is 14.2 Å². The first-order chi connectivity index (χ1) is 15.1. The molecule has 0 aliphatic heterocycles. The Morgan fingerprint density at radius 3 is 2.65 bits per heavy atom. The maximum absolute atomic E-state index is 12.8. The number of amides is 1. The largest absolute Gasteiger partial charge is 0.493 e. The molecule has 0 saturated heterocycles. The van der Waals surface area contributed by atoms with Gasteiger partial charge in [-0.3, -0.25) is 4.79 Å². The molecule has 0 aliphatic carbocycles. The molecule has 1 N–H and O–H groups in total. The second-order valence-corrected chi connectivity index (χ2v) is 7.65. The molecule has 4 rings (SSSR count). The van der Waals surface area contributed by atoms with Crippen molar-refractivity contribution in [3.8, 4) is 22.2 Å². The molecule has 160 valence electrons. The summed E-state index contributed by atoms with van der Waals surface area (Å²) in [5.74, 6) is 0.858. The van der Waals surface area contributed by atoms with Gasteiger partial charge in [0.15, 0.2) is 11.5 Å². The van der Waals surface area contributed by atoms with Gasteiger partial charge in [-0.2, -0.15) is 0 Å². The molecule has 2 aromatic carbocycles. The zero-order valence-electron chi connectivity index (χ0n) is 17.5. The topological polar surface area (TPSA) is 74.6 Å². The maximum atomic E-state index is 12.8. The molecule has 0 unspecified atom stereocenters. The summed E-state index contributed by atoms with van der Waals surface area (Å²) in [5.41, 5.74) is 3.04. The molecule has 0 atom stereocenters.